The minimum Gasteiger partial charge on any atom is -0.497 e. The molecule has 1 aromatic rings. The maximum Gasteiger partial charge on any atom is 0.154 e. The molecule has 0 saturated heterocycles. The fourth-order valence-electron chi connectivity index (χ4n) is 1.07. The first kappa shape index (κ1) is 14.9. The molecule has 0 saturated carbocycles. The average molecular weight is 226 g/mol. The van der Waals surface area contributed by atoms with Crippen molar-refractivity contribution >= 4 is 0 Å². The topological polar surface area (TPSA) is 27.7 Å². The zero-order valence-electron chi connectivity index (χ0n) is 10.6. The average Bonchev–Trinajstić information content (AvgIpc) is 2.32. The second-order valence-corrected chi connectivity index (χ2v) is 3.00. The summed E-state index contributed by atoms with van der Waals surface area (Å²) < 4.78 is 15.0. The molecule has 0 spiro atoms. The van der Waals surface area contributed by atoms with Gasteiger partial charge in [0, 0.05) is 13.2 Å². The number of benzene rings is 1. The molecule has 0 heterocycles. The van der Waals surface area contributed by atoms with Crippen molar-refractivity contribution in [3.8, 4) is 5.75 Å². The molecule has 0 aromatic heterocycles. The largest absolute Gasteiger partial charge is 0.497 e. The first-order valence-electron chi connectivity index (χ1n) is 5.56. The Morgan fingerprint density at radius 2 is 1.50 bits per heavy atom. The molecule has 1 aromatic carbocycles. The van der Waals surface area contributed by atoms with E-state index in [0.717, 1.165) is 19.0 Å². The molecule has 0 fully saturated rings. The molecule has 0 radical (unpaired) electrons. The van der Waals surface area contributed by atoms with Gasteiger partial charge in [0.1, 0.15) is 5.75 Å². The van der Waals surface area contributed by atoms with Crippen molar-refractivity contribution < 1.29 is 14.2 Å². The Bertz CT molecular complexity index is 230. The molecule has 16 heavy (non-hydrogen) atoms. The molecular formula is C13H22O3. The second-order valence-electron chi connectivity index (χ2n) is 3.00. The van der Waals surface area contributed by atoms with E-state index < -0.39 is 0 Å². The summed E-state index contributed by atoms with van der Waals surface area (Å²) in [5.74, 6) is 0.910. The van der Waals surface area contributed by atoms with E-state index in [0.29, 0.717) is 0 Å². The lowest BCUT2D eigenvalue weighted by Crippen LogP contribution is -2.11. The Labute approximate surface area is 98.3 Å². The summed E-state index contributed by atoms with van der Waals surface area (Å²) in [4.78, 5) is 0. The standard InChI is InChI=1S/C7H8O.C6H14O2/c1-8-7-5-3-2-4-6-7;1-4-7-6(3)8-5-2/h2-6H,1H3;6H,4-5H2,1-3H3. The first-order valence-corrected chi connectivity index (χ1v) is 5.56. The fourth-order valence-corrected chi connectivity index (χ4v) is 1.07. The van der Waals surface area contributed by atoms with Crippen molar-refractivity contribution in [2.75, 3.05) is 20.3 Å². The van der Waals surface area contributed by atoms with Crippen molar-refractivity contribution in [2.24, 2.45) is 0 Å². The Morgan fingerprint density at radius 3 is 1.81 bits per heavy atom. The zero-order valence-corrected chi connectivity index (χ0v) is 10.6. The highest BCUT2D eigenvalue weighted by molar-refractivity contribution is 5.20. The van der Waals surface area contributed by atoms with Crippen LogP contribution in [0.3, 0.4) is 0 Å². The normalized spacial score (nSPS) is 9.56. The number of para-hydroxylation sites is 1. The molecular weight excluding hydrogens is 204 g/mol. The molecule has 0 N–H and O–H groups in total. The molecule has 0 aliphatic carbocycles. The second kappa shape index (κ2) is 10.5. The van der Waals surface area contributed by atoms with Crippen LogP contribution in [0.15, 0.2) is 30.3 Å². The summed E-state index contributed by atoms with van der Waals surface area (Å²) in [6.45, 7) is 7.25. The summed E-state index contributed by atoms with van der Waals surface area (Å²) in [7, 11) is 1.66. The van der Waals surface area contributed by atoms with Crippen LogP contribution in [0.5, 0.6) is 5.75 Å². The van der Waals surface area contributed by atoms with Gasteiger partial charge in [-0.3, -0.25) is 0 Å². The number of ether oxygens (including phenoxy) is 3. The molecule has 0 unspecified atom stereocenters. The van der Waals surface area contributed by atoms with Gasteiger partial charge >= 0.3 is 0 Å². The Hall–Kier alpha value is -1.06. The Kier molecular flexibility index (Phi) is 9.76. The highest BCUT2D eigenvalue weighted by Crippen LogP contribution is 2.05. The maximum atomic E-state index is 5.06. The quantitative estimate of drug-likeness (QED) is 0.722. The van der Waals surface area contributed by atoms with Gasteiger partial charge in [0.05, 0.1) is 7.11 Å². The van der Waals surface area contributed by atoms with Crippen LogP contribution in [0.4, 0.5) is 0 Å². The summed E-state index contributed by atoms with van der Waals surface area (Å²) in [6.07, 6.45) is -0.0370. The van der Waals surface area contributed by atoms with Crippen LogP contribution in [0.2, 0.25) is 0 Å². The van der Waals surface area contributed by atoms with Crippen LogP contribution in [0.25, 0.3) is 0 Å². The van der Waals surface area contributed by atoms with Gasteiger partial charge in [-0.1, -0.05) is 18.2 Å². The van der Waals surface area contributed by atoms with Gasteiger partial charge in [-0.15, -0.1) is 0 Å². The first-order chi connectivity index (χ1) is 7.74. The lowest BCUT2D eigenvalue weighted by Gasteiger charge is -2.09. The zero-order chi connectivity index (χ0) is 12.2. The summed E-state index contributed by atoms with van der Waals surface area (Å²) in [5.41, 5.74) is 0. The van der Waals surface area contributed by atoms with Gasteiger partial charge in [0.25, 0.3) is 0 Å². The van der Waals surface area contributed by atoms with Crippen LogP contribution in [0.1, 0.15) is 20.8 Å². The predicted molar refractivity (Wildman–Crippen MR) is 65.7 cm³/mol. The van der Waals surface area contributed by atoms with E-state index in [1.165, 1.54) is 0 Å². The minimum atomic E-state index is -0.0370. The van der Waals surface area contributed by atoms with Crippen LogP contribution in [-0.4, -0.2) is 26.6 Å². The molecule has 0 bridgehead atoms. The molecule has 3 heteroatoms. The Morgan fingerprint density at radius 1 is 1.00 bits per heavy atom. The van der Waals surface area contributed by atoms with E-state index in [1.54, 1.807) is 7.11 Å². The third-order valence-corrected chi connectivity index (χ3v) is 1.78. The van der Waals surface area contributed by atoms with Gasteiger partial charge in [-0.25, -0.2) is 0 Å². The van der Waals surface area contributed by atoms with Crippen LogP contribution in [0, 0.1) is 0 Å². The van der Waals surface area contributed by atoms with Gasteiger partial charge < -0.3 is 14.2 Å². The summed E-state index contributed by atoms with van der Waals surface area (Å²) in [5, 5.41) is 0. The lowest BCUT2D eigenvalue weighted by molar-refractivity contribution is -0.123. The van der Waals surface area contributed by atoms with Crippen molar-refractivity contribution in [1.29, 1.82) is 0 Å². The molecule has 0 aliphatic rings. The van der Waals surface area contributed by atoms with E-state index in [2.05, 4.69) is 0 Å². The van der Waals surface area contributed by atoms with E-state index >= 15 is 0 Å². The highest BCUT2D eigenvalue weighted by Gasteiger charge is 1.94. The highest BCUT2D eigenvalue weighted by atomic mass is 16.7. The van der Waals surface area contributed by atoms with Crippen LogP contribution < -0.4 is 4.74 Å². The van der Waals surface area contributed by atoms with E-state index in [4.69, 9.17) is 14.2 Å². The SMILES string of the molecule is CCOC(C)OCC.COc1ccccc1. The van der Waals surface area contributed by atoms with Crippen LogP contribution in [-0.2, 0) is 9.47 Å². The predicted octanol–water partition coefficient (Wildman–Crippen LogP) is 3.10. The van der Waals surface area contributed by atoms with Gasteiger partial charge in [-0.05, 0) is 32.9 Å². The number of hydrogen-bond acceptors (Lipinski definition) is 3. The molecule has 92 valence electrons. The molecule has 1 rings (SSSR count). The van der Waals surface area contributed by atoms with Crippen molar-refractivity contribution in [1.82, 2.24) is 0 Å². The monoisotopic (exact) mass is 226 g/mol. The Balaban J connectivity index is 0.000000281. The fraction of sp³-hybridized carbons (Fsp3) is 0.538. The number of hydrogen-bond donors (Lipinski definition) is 0. The summed E-state index contributed by atoms with van der Waals surface area (Å²) in [6, 6.07) is 9.68. The molecule has 0 atom stereocenters. The third kappa shape index (κ3) is 8.26. The van der Waals surface area contributed by atoms with Gasteiger partial charge in [0.15, 0.2) is 6.29 Å². The van der Waals surface area contributed by atoms with Crippen LogP contribution >= 0.6 is 0 Å². The van der Waals surface area contributed by atoms with Crippen molar-refractivity contribution in [3.05, 3.63) is 30.3 Å². The lowest BCUT2D eigenvalue weighted by atomic mass is 10.3. The molecule has 0 amide bonds. The van der Waals surface area contributed by atoms with E-state index in [1.807, 2.05) is 51.1 Å². The van der Waals surface area contributed by atoms with E-state index in [-0.39, 0.29) is 6.29 Å². The smallest absolute Gasteiger partial charge is 0.154 e. The third-order valence-electron chi connectivity index (χ3n) is 1.78. The molecule has 0 aliphatic heterocycles. The molecule has 3 nitrogen and oxygen atoms in total. The van der Waals surface area contributed by atoms with Crippen molar-refractivity contribution in [2.45, 2.75) is 27.1 Å². The number of rotatable bonds is 5. The minimum absolute atomic E-state index is 0.0370. The maximum absolute atomic E-state index is 5.06. The van der Waals surface area contributed by atoms with Crippen molar-refractivity contribution in [3.63, 3.8) is 0 Å². The van der Waals surface area contributed by atoms with E-state index in [9.17, 15) is 0 Å². The summed E-state index contributed by atoms with van der Waals surface area (Å²) >= 11 is 0. The van der Waals surface area contributed by atoms with Gasteiger partial charge in [-0.2, -0.15) is 0 Å². The van der Waals surface area contributed by atoms with Gasteiger partial charge in [0.2, 0.25) is 0 Å². The number of methoxy groups -OCH3 is 1.